The third kappa shape index (κ3) is 2.86. The summed E-state index contributed by atoms with van der Waals surface area (Å²) in [5, 5.41) is 11.1. The number of likely N-dealkylation sites (tertiary alicyclic amines) is 1. The number of nitrogens with zero attached hydrogens (tertiary/aromatic N) is 2. The first-order chi connectivity index (χ1) is 10.1. The maximum atomic E-state index is 11.1. The van der Waals surface area contributed by atoms with Crippen molar-refractivity contribution in [3.8, 4) is 0 Å². The van der Waals surface area contributed by atoms with E-state index < -0.39 is 0 Å². The van der Waals surface area contributed by atoms with Gasteiger partial charge in [-0.1, -0.05) is 12.5 Å². The van der Waals surface area contributed by atoms with Gasteiger partial charge in [-0.15, -0.1) is 0 Å². The zero-order valence-electron chi connectivity index (χ0n) is 13.4. The van der Waals surface area contributed by atoms with Crippen molar-refractivity contribution in [1.82, 2.24) is 9.88 Å². The van der Waals surface area contributed by atoms with Gasteiger partial charge in [0.15, 0.2) is 0 Å². The predicted octanol–water partition coefficient (Wildman–Crippen LogP) is 3.13. The zero-order chi connectivity index (χ0) is 14.9. The van der Waals surface area contributed by atoms with Crippen molar-refractivity contribution in [3.63, 3.8) is 0 Å². The van der Waals surface area contributed by atoms with E-state index in [2.05, 4.69) is 29.8 Å². The van der Waals surface area contributed by atoms with Crippen LogP contribution in [0.4, 0.5) is 0 Å². The Morgan fingerprint density at radius 1 is 1.24 bits per heavy atom. The van der Waals surface area contributed by atoms with Gasteiger partial charge in [0.2, 0.25) is 0 Å². The molecule has 3 nitrogen and oxygen atoms in total. The SMILES string of the molecule is CC(C)(C(O)C1CCCc2cccnc21)N1CCCCC1. The molecule has 2 heterocycles. The molecule has 1 aliphatic carbocycles. The lowest BCUT2D eigenvalue weighted by Gasteiger charge is -2.47. The van der Waals surface area contributed by atoms with Crippen molar-refractivity contribution in [2.24, 2.45) is 0 Å². The fraction of sp³-hybridized carbons (Fsp3) is 0.722. The van der Waals surface area contributed by atoms with E-state index in [9.17, 15) is 5.11 Å². The van der Waals surface area contributed by atoms with Crippen LogP contribution < -0.4 is 0 Å². The highest BCUT2D eigenvalue weighted by Gasteiger charge is 2.41. The molecule has 0 amide bonds. The molecule has 1 aromatic heterocycles. The Hall–Kier alpha value is -0.930. The Balaban J connectivity index is 1.83. The lowest BCUT2D eigenvalue weighted by Crippen LogP contribution is -2.56. The molecule has 0 saturated carbocycles. The van der Waals surface area contributed by atoms with E-state index in [1.807, 2.05) is 12.3 Å². The minimum Gasteiger partial charge on any atom is -0.391 e. The topological polar surface area (TPSA) is 36.4 Å². The highest BCUT2D eigenvalue weighted by atomic mass is 16.3. The van der Waals surface area contributed by atoms with Crippen molar-refractivity contribution in [1.29, 1.82) is 0 Å². The minimum atomic E-state index is -0.343. The van der Waals surface area contributed by atoms with Gasteiger partial charge in [-0.05, 0) is 70.7 Å². The second-order valence-corrected chi connectivity index (χ2v) is 7.19. The third-order valence-electron chi connectivity index (χ3n) is 5.51. The van der Waals surface area contributed by atoms with Crippen LogP contribution >= 0.6 is 0 Å². The molecular formula is C18H28N2O. The monoisotopic (exact) mass is 288 g/mol. The van der Waals surface area contributed by atoms with Gasteiger partial charge >= 0.3 is 0 Å². The predicted molar refractivity (Wildman–Crippen MR) is 85.4 cm³/mol. The Labute approximate surface area is 128 Å². The van der Waals surface area contributed by atoms with Crippen LogP contribution in [0.1, 0.15) is 63.1 Å². The molecule has 1 fully saturated rings. The standard InChI is InChI=1S/C18H28N2O/c1-18(2,20-12-4-3-5-13-20)17(21)15-10-6-8-14-9-7-11-19-16(14)15/h7,9,11,15,17,21H,3-6,8,10,12-13H2,1-2H3. The number of pyridine rings is 1. The van der Waals surface area contributed by atoms with E-state index in [0.29, 0.717) is 0 Å². The number of rotatable bonds is 3. The molecule has 3 rings (SSSR count). The van der Waals surface area contributed by atoms with Gasteiger partial charge in [0, 0.05) is 23.3 Å². The van der Waals surface area contributed by atoms with Crippen molar-refractivity contribution in [2.75, 3.05) is 13.1 Å². The maximum absolute atomic E-state index is 11.1. The van der Waals surface area contributed by atoms with Crippen LogP contribution in [0.25, 0.3) is 0 Å². The van der Waals surface area contributed by atoms with Crippen LogP contribution in [0, 0.1) is 0 Å². The number of aliphatic hydroxyl groups is 1. The lowest BCUT2D eigenvalue weighted by molar-refractivity contribution is -0.0363. The number of aliphatic hydroxyl groups excluding tert-OH is 1. The highest BCUT2D eigenvalue weighted by Crippen LogP contribution is 2.38. The van der Waals surface area contributed by atoms with Crippen LogP contribution in [0.2, 0.25) is 0 Å². The third-order valence-corrected chi connectivity index (χ3v) is 5.51. The summed E-state index contributed by atoms with van der Waals surface area (Å²) in [5.41, 5.74) is 2.31. The summed E-state index contributed by atoms with van der Waals surface area (Å²) in [7, 11) is 0. The van der Waals surface area contributed by atoms with Crippen LogP contribution in [0.5, 0.6) is 0 Å². The number of hydrogen-bond donors (Lipinski definition) is 1. The zero-order valence-corrected chi connectivity index (χ0v) is 13.4. The molecule has 116 valence electrons. The summed E-state index contributed by atoms with van der Waals surface area (Å²) in [6.07, 6.45) is 8.71. The molecular weight excluding hydrogens is 260 g/mol. The quantitative estimate of drug-likeness (QED) is 0.928. The molecule has 2 aliphatic rings. The molecule has 21 heavy (non-hydrogen) atoms. The Morgan fingerprint density at radius 2 is 2.00 bits per heavy atom. The molecule has 2 unspecified atom stereocenters. The number of fused-ring (bicyclic) bond motifs is 1. The minimum absolute atomic E-state index is 0.169. The lowest BCUT2D eigenvalue weighted by atomic mass is 9.76. The fourth-order valence-corrected chi connectivity index (χ4v) is 4.10. The van der Waals surface area contributed by atoms with E-state index in [1.165, 1.54) is 24.8 Å². The van der Waals surface area contributed by atoms with Crippen LogP contribution in [-0.2, 0) is 6.42 Å². The Morgan fingerprint density at radius 3 is 2.76 bits per heavy atom. The molecule has 0 spiro atoms. The van der Waals surface area contributed by atoms with Crippen LogP contribution in [-0.4, -0.2) is 39.7 Å². The summed E-state index contributed by atoms with van der Waals surface area (Å²) in [6.45, 7) is 6.65. The van der Waals surface area contributed by atoms with Crippen molar-refractivity contribution in [3.05, 3.63) is 29.6 Å². The molecule has 0 bridgehead atoms. The average Bonchev–Trinajstić information content (AvgIpc) is 2.54. The van der Waals surface area contributed by atoms with Gasteiger partial charge in [-0.2, -0.15) is 0 Å². The number of hydrogen-bond acceptors (Lipinski definition) is 3. The highest BCUT2D eigenvalue weighted by molar-refractivity contribution is 5.28. The van der Waals surface area contributed by atoms with E-state index in [0.717, 1.165) is 38.0 Å². The average molecular weight is 288 g/mol. The molecule has 1 aromatic rings. The normalized spacial score (nSPS) is 25.4. The second kappa shape index (κ2) is 6.05. The molecule has 3 heteroatoms. The van der Waals surface area contributed by atoms with Crippen molar-refractivity contribution in [2.45, 2.75) is 69.9 Å². The number of aryl methyl sites for hydroxylation is 1. The van der Waals surface area contributed by atoms with E-state index in [4.69, 9.17) is 0 Å². The maximum Gasteiger partial charge on any atom is 0.0802 e. The first kappa shape index (κ1) is 15.0. The molecule has 1 N–H and O–H groups in total. The first-order valence-electron chi connectivity index (χ1n) is 8.47. The van der Waals surface area contributed by atoms with Gasteiger partial charge in [-0.25, -0.2) is 0 Å². The molecule has 0 aromatic carbocycles. The summed E-state index contributed by atoms with van der Waals surface area (Å²) in [6, 6.07) is 4.19. The van der Waals surface area contributed by atoms with Crippen molar-refractivity contribution < 1.29 is 5.11 Å². The van der Waals surface area contributed by atoms with Crippen LogP contribution in [0.15, 0.2) is 18.3 Å². The van der Waals surface area contributed by atoms with Gasteiger partial charge in [0.05, 0.1) is 6.10 Å². The van der Waals surface area contributed by atoms with Gasteiger partial charge in [0.1, 0.15) is 0 Å². The van der Waals surface area contributed by atoms with E-state index in [1.54, 1.807) is 0 Å². The first-order valence-corrected chi connectivity index (χ1v) is 8.47. The molecule has 1 aliphatic heterocycles. The summed E-state index contributed by atoms with van der Waals surface area (Å²) < 4.78 is 0. The van der Waals surface area contributed by atoms with Gasteiger partial charge < -0.3 is 5.11 Å². The largest absolute Gasteiger partial charge is 0.391 e. The van der Waals surface area contributed by atoms with E-state index >= 15 is 0 Å². The van der Waals surface area contributed by atoms with Crippen molar-refractivity contribution >= 4 is 0 Å². The smallest absolute Gasteiger partial charge is 0.0802 e. The fourth-order valence-electron chi connectivity index (χ4n) is 4.10. The molecule has 0 radical (unpaired) electrons. The molecule has 1 saturated heterocycles. The van der Waals surface area contributed by atoms with Crippen LogP contribution in [0.3, 0.4) is 0 Å². The molecule has 2 atom stereocenters. The summed E-state index contributed by atoms with van der Waals surface area (Å²) in [4.78, 5) is 7.09. The number of piperidine rings is 1. The van der Waals surface area contributed by atoms with Gasteiger partial charge in [-0.3, -0.25) is 9.88 Å². The van der Waals surface area contributed by atoms with E-state index in [-0.39, 0.29) is 17.6 Å². The summed E-state index contributed by atoms with van der Waals surface area (Å²) in [5.74, 6) is 0.187. The number of aromatic nitrogens is 1. The Kier molecular flexibility index (Phi) is 4.32. The summed E-state index contributed by atoms with van der Waals surface area (Å²) >= 11 is 0. The van der Waals surface area contributed by atoms with Gasteiger partial charge in [0.25, 0.3) is 0 Å². The Bertz CT molecular complexity index is 480. The second-order valence-electron chi connectivity index (χ2n) is 7.19.